The normalized spacial score (nSPS) is 14.0. The number of hydrogen-bond donors (Lipinski definition) is 1. The van der Waals surface area contributed by atoms with Gasteiger partial charge in [0.15, 0.2) is 0 Å². The molecule has 2 atom stereocenters. The maximum Gasteiger partial charge on any atom is 0.297 e. The lowest BCUT2D eigenvalue weighted by Crippen LogP contribution is -2.24. The van der Waals surface area contributed by atoms with Gasteiger partial charge in [-0.05, 0) is 31.0 Å². The van der Waals surface area contributed by atoms with Gasteiger partial charge in [-0.25, -0.2) is 0 Å². The number of ether oxygens (including phenoxy) is 1. The number of hydrogen-bond acceptors (Lipinski definition) is 5. The minimum atomic E-state index is -3.94. The molecular weight excluding hydrogens is 376 g/mol. The molecule has 0 fully saturated rings. The summed E-state index contributed by atoms with van der Waals surface area (Å²) in [5, 5.41) is 9.56. The molecule has 5 nitrogen and oxygen atoms in total. The Morgan fingerprint density at radius 1 is 1.00 bits per heavy atom. The van der Waals surface area contributed by atoms with Gasteiger partial charge in [-0.1, -0.05) is 74.2 Å². The first-order valence-electron chi connectivity index (χ1n) is 9.73. The van der Waals surface area contributed by atoms with Crippen LogP contribution in [0.15, 0.2) is 59.5 Å². The third-order valence-electron chi connectivity index (χ3n) is 4.54. The third kappa shape index (κ3) is 7.02. The van der Waals surface area contributed by atoms with E-state index in [1.807, 2.05) is 37.3 Å². The fourth-order valence-electron chi connectivity index (χ4n) is 2.83. The second kappa shape index (κ2) is 11.3. The zero-order chi connectivity index (χ0) is 20.4. The van der Waals surface area contributed by atoms with Crippen LogP contribution in [0.2, 0.25) is 0 Å². The van der Waals surface area contributed by atoms with Crippen LogP contribution in [-0.2, 0) is 19.0 Å². The fourth-order valence-corrected chi connectivity index (χ4v) is 3.89. The van der Waals surface area contributed by atoms with Gasteiger partial charge in [-0.15, -0.1) is 0 Å². The van der Waals surface area contributed by atoms with Crippen molar-refractivity contribution in [1.82, 2.24) is 0 Å². The Balaban J connectivity index is 2.12. The second-order valence-electron chi connectivity index (χ2n) is 6.90. The Kier molecular flexibility index (Phi) is 9.12. The average molecular weight is 407 g/mol. The predicted molar refractivity (Wildman–Crippen MR) is 110 cm³/mol. The van der Waals surface area contributed by atoms with Crippen LogP contribution in [0.4, 0.5) is 0 Å². The minimum absolute atomic E-state index is 0.0481. The van der Waals surface area contributed by atoms with Gasteiger partial charge in [0, 0.05) is 0 Å². The van der Waals surface area contributed by atoms with Crippen LogP contribution in [0.25, 0.3) is 0 Å². The van der Waals surface area contributed by atoms with Gasteiger partial charge in [-0.2, -0.15) is 8.42 Å². The highest BCUT2D eigenvalue weighted by atomic mass is 32.2. The molecule has 0 heterocycles. The SMILES string of the molecule is CCCCCC(CO)OCC(OS(=O)(=O)c1ccc(C)cc1)c1ccccc1. The van der Waals surface area contributed by atoms with E-state index in [0.717, 1.165) is 31.2 Å². The molecule has 2 rings (SSSR count). The molecular formula is C22H30O5S. The van der Waals surface area contributed by atoms with E-state index in [4.69, 9.17) is 8.92 Å². The van der Waals surface area contributed by atoms with Crippen LogP contribution < -0.4 is 0 Å². The summed E-state index contributed by atoms with van der Waals surface area (Å²) >= 11 is 0. The first-order chi connectivity index (χ1) is 13.5. The summed E-state index contributed by atoms with van der Waals surface area (Å²) in [6.07, 6.45) is 2.73. The Morgan fingerprint density at radius 2 is 1.68 bits per heavy atom. The molecule has 1 N–H and O–H groups in total. The molecule has 0 aliphatic carbocycles. The zero-order valence-electron chi connectivity index (χ0n) is 16.6. The maximum absolute atomic E-state index is 12.7. The average Bonchev–Trinajstić information content (AvgIpc) is 2.70. The molecule has 28 heavy (non-hydrogen) atoms. The van der Waals surface area contributed by atoms with Crippen molar-refractivity contribution in [2.75, 3.05) is 13.2 Å². The van der Waals surface area contributed by atoms with E-state index in [-0.39, 0.29) is 24.2 Å². The molecule has 0 aliphatic rings. The summed E-state index contributed by atoms with van der Waals surface area (Å²) in [6.45, 7) is 3.96. The number of aryl methyl sites for hydroxylation is 1. The molecule has 2 aromatic rings. The largest absolute Gasteiger partial charge is 0.394 e. The monoisotopic (exact) mass is 406 g/mol. The van der Waals surface area contributed by atoms with E-state index in [1.165, 1.54) is 12.1 Å². The number of aliphatic hydroxyl groups excluding tert-OH is 1. The van der Waals surface area contributed by atoms with Crippen LogP contribution >= 0.6 is 0 Å². The smallest absolute Gasteiger partial charge is 0.297 e. The molecule has 0 radical (unpaired) electrons. The number of benzene rings is 2. The molecule has 154 valence electrons. The van der Waals surface area contributed by atoms with Crippen LogP contribution in [-0.4, -0.2) is 32.8 Å². The highest BCUT2D eigenvalue weighted by molar-refractivity contribution is 7.86. The fraction of sp³-hybridized carbons (Fsp3) is 0.455. The van der Waals surface area contributed by atoms with Crippen LogP contribution in [0.5, 0.6) is 0 Å². The Morgan fingerprint density at radius 3 is 2.29 bits per heavy atom. The molecule has 0 aromatic heterocycles. The van der Waals surface area contributed by atoms with Crippen molar-refractivity contribution in [1.29, 1.82) is 0 Å². The number of aliphatic hydroxyl groups is 1. The standard InChI is InChI=1S/C22H30O5S/c1-3-4-6-11-20(16-23)26-17-22(19-9-7-5-8-10-19)27-28(24,25)21-14-12-18(2)13-15-21/h5,7-10,12-15,20,22-23H,3-4,6,11,16-17H2,1-2H3. The van der Waals surface area contributed by atoms with Crippen LogP contribution in [0.3, 0.4) is 0 Å². The summed E-state index contributed by atoms with van der Waals surface area (Å²) < 4.78 is 36.8. The van der Waals surface area contributed by atoms with Crippen molar-refractivity contribution < 1.29 is 22.4 Å². The van der Waals surface area contributed by atoms with Crippen molar-refractivity contribution >= 4 is 10.1 Å². The van der Waals surface area contributed by atoms with Gasteiger partial charge >= 0.3 is 0 Å². The molecule has 0 saturated carbocycles. The van der Waals surface area contributed by atoms with Crippen molar-refractivity contribution in [3.63, 3.8) is 0 Å². The minimum Gasteiger partial charge on any atom is -0.394 e. The number of rotatable bonds is 12. The zero-order valence-corrected chi connectivity index (χ0v) is 17.4. The van der Waals surface area contributed by atoms with Gasteiger partial charge in [0.25, 0.3) is 10.1 Å². The second-order valence-corrected chi connectivity index (χ2v) is 8.47. The lowest BCUT2D eigenvalue weighted by atomic mass is 10.1. The molecule has 2 unspecified atom stereocenters. The van der Waals surface area contributed by atoms with E-state index in [9.17, 15) is 13.5 Å². The van der Waals surface area contributed by atoms with Crippen LogP contribution in [0, 0.1) is 6.92 Å². The Bertz CT molecular complexity index is 787. The Labute approximate surface area is 168 Å². The lowest BCUT2D eigenvalue weighted by molar-refractivity contribution is -0.0286. The van der Waals surface area contributed by atoms with Crippen molar-refractivity contribution in [3.8, 4) is 0 Å². The maximum atomic E-state index is 12.7. The van der Waals surface area contributed by atoms with E-state index >= 15 is 0 Å². The van der Waals surface area contributed by atoms with Crippen molar-refractivity contribution in [3.05, 3.63) is 65.7 Å². The van der Waals surface area contributed by atoms with Crippen molar-refractivity contribution in [2.45, 2.75) is 56.6 Å². The van der Waals surface area contributed by atoms with Gasteiger partial charge in [0.1, 0.15) is 6.10 Å². The highest BCUT2D eigenvalue weighted by Crippen LogP contribution is 2.25. The lowest BCUT2D eigenvalue weighted by Gasteiger charge is -2.22. The number of unbranched alkanes of at least 4 members (excludes halogenated alkanes) is 2. The summed E-state index contributed by atoms with van der Waals surface area (Å²) in [5.41, 5.74) is 1.68. The van der Waals surface area contributed by atoms with Gasteiger partial charge in [-0.3, -0.25) is 4.18 Å². The molecule has 0 saturated heterocycles. The summed E-state index contributed by atoms with van der Waals surface area (Å²) in [5.74, 6) is 0. The molecule has 2 aromatic carbocycles. The first kappa shape index (κ1) is 22.6. The van der Waals surface area contributed by atoms with Crippen LogP contribution in [0.1, 0.15) is 49.8 Å². The molecule has 6 heteroatoms. The van der Waals surface area contributed by atoms with E-state index < -0.39 is 16.2 Å². The van der Waals surface area contributed by atoms with Gasteiger partial charge in [0.05, 0.1) is 24.2 Å². The third-order valence-corrected chi connectivity index (χ3v) is 5.88. The summed E-state index contributed by atoms with van der Waals surface area (Å²) in [7, 11) is -3.94. The Hall–Kier alpha value is -1.73. The highest BCUT2D eigenvalue weighted by Gasteiger charge is 2.24. The van der Waals surface area contributed by atoms with Gasteiger partial charge in [0.2, 0.25) is 0 Å². The quantitative estimate of drug-likeness (QED) is 0.418. The summed E-state index contributed by atoms with van der Waals surface area (Å²) in [6, 6.07) is 15.7. The van der Waals surface area contributed by atoms with E-state index in [2.05, 4.69) is 6.92 Å². The summed E-state index contributed by atoms with van der Waals surface area (Å²) in [4.78, 5) is 0.112. The topological polar surface area (TPSA) is 72.8 Å². The molecule has 0 aliphatic heterocycles. The first-order valence-corrected chi connectivity index (χ1v) is 11.1. The predicted octanol–water partition coefficient (Wildman–Crippen LogP) is 4.40. The van der Waals surface area contributed by atoms with E-state index in [0.29, 0.717) is 5.56 Å². The molecule has 0 amide bonds. The van der Waals surface area contributed by atoms with Crippen molar-refractivity contribution in [2.24, 2.45) is 0 Å². The molecule has 0 spiro atoms. The molecule has 0 bridgehead atoms. The van der Waals surface area contributed by atoms with Gasteiger partial charge < -0.3 is 9.84 Å². The van der Waals surface area contributed by atoms with E-state index in [1.54, 1.807) is 12.1 Å².